The third-order valence-corrected chi connectivity index (χ3v) is 5.27. The van der Waals surface area contributed by atoms with Gasteiger partial charge in [-0.15, -0.1) is 0 Å². The number of amides is 1. The average Bonchev–Trinajstić information content (AvgIpc) is 3.05. The van der Waals surface area contributed by atoms with Gasteiger partial charge < -0.3 is 5.11 Å². The molecule has 1 saturated heterocycles. The first kappa shape index (κ1) is 20.3. The summed E-state index contributed by atoms with van der Waals surface area (Å²) in [5, 5.41) is 22.4. The van der Waals surface area contributed by atoms with Crippen LogP contribution in [0.25, 0.3) is 5.76 Å². The van der Waals surface area contributed by atoms with Crippen LogP contribution in [0.1, 0.15) is 17.2 Å². The number of benzene rings is 3. The molecule has 1 atom stereocenters. The largest absolute Gasteiger partial charge is 0.507 e. The molecule has 0 unspecified atom stereocenters. The van der Waals surface area contributed by atoms with Gasteiger partial charge in [-0.25, -0.2) is 0 Å². The van der Waals surface area contributed by atoms with Crippen LogP contribution >= 0.6 is 11.6 Å². The highest BCUT2D eigenvalue weighted by atomic mass is 35.5. The Balaban J connectivity index is 1.93. The van der Waals surface area contributed by atoms with Crippen LogP contribution in [0.3, 0.4) is 0 Å². The van der Waals surface area contributed by atoms with E-state index in [4.69, 9.17) is 11.6 Å². The van der Waals surface area contributed by atoms with Gasteiger partial charge in [0.1, 0.15) is 5.76 Å². The highest BCUT2D eigenvalue weighted by Gasteiger charge is 2.47. The summed E-state index contributed by atoms with van der Waals surface area (Å²) in [6, 6.07) is 19.3. The van der Waals surface area contributed by atoms with Crippen LogP contribution in [-0.2, 0) is 9.59 Å². The van der Waals surface area contributed by atoms with E-state index in [9.17, 15) is 24.8 Å². The zero-order chi connectivity index (χ0) is 22.1. The van der Waals surface area contributed by atoms with Gasteiger partial charge in [0, 0.05) is 28.4 Å². The van der Waals surface area contributed by atoms with Crippen LogP contribution in [0.2, 0.25) is 5.02 Å². The molecule has 3 aromatic carbocycles. The van der Waals surface area contributed by atoms with Crippen molar-refractivity contribution < 1.29 is 19.6 Å². The summed E-state index contributed by atoms with van der Waals surface area (Å²) in [6.45, 7) is 0. The smallest absolute Gasteiger partial charge is 0.300 e. The Morgan fingerprint density at radius 2 is 1.55 bits per heavy atom. The summed E-state index contributed by atoms with van der Waals surface area (Å²) in [5.74, 6) is -1.98. The van der Waals surface area contributed by atoms with Crippen molar-refractivity contribution in [3.8, 4) is 0 Å². The average molecular weight is 435 g/mol. The lowest BCUT2D eigenvalue weighted by Crippen LogP contribution is -2.29. The lowest BCUT2D eigenvalue weighted by atomic mass is 9.95. The molecule has 1 aliphatic rings. The number of carbonyl (C=O) groups excluding carboxylic acids is 2. The minimum Gasteiger partial charge on any atom is -0.507 e. The summed E-state index contributed by atoms with van der Waals surface area (Å²) >= 11 is 5.96. The molecule has 0 bridgehead atoms. The maximum atomic E-state index is 13.0. The number of nitrogens with zero attached hydrogens (tertiary/aromatic N) is 2. The predicted molar refractivity (Wildman–Crippen MR) is 116 cm³/mol. The van der Waals surface area contributed by atoms with E-state index in [1.807, 2.05) is 0 Å². The first-order valence-corrected chi connectivity index (χ1v) is 9.62. The number of rotatable bonds is 4. The maximum Gasteiger partial charge on any atom is 0.300 e. The number of aliphatic hydroxyl groups excluding tert-OH is 1. The molecule has 31 heavy (non-hydrogen) atoms. The molecular weight excluding hydrogens is 420 g/mol. The molecule has 7 nitrogen and oxygen atoms in total. The summed E-state index contributed by atoms with van der Waals surface area (Å²) in [4.78, 5) is 37.7. The molecule has 1 amide bonds. The molecule has 0 aromatic heterocycles. The molecule has 1 N–H and O–H groups in total. The van der Waals surface area contributed by atoms with Gasteiger partial charge in [0.15, 0.2) is 0 Å². The van der Waals surface area contributed by atoms with E-state index in [1.165, 1.54) is 29.2 Å². The van der Waals surface area contributed by atoms with Crippen molar-refractivity contribution in [3.63, 3.8) is 0 Å². The van der Waals surface area contributed by atoms with Crippen molar-refractivity contribution in [2.75, 3.05) is 4.90 Å². The lowest BCUT2D eigenvalue weighted by Gasteiger charge is -2.25. The molecule has 0 spiro atoms. The number of Topliss-reactive ketones (excluding diaryl/α,β-unsaturated/α-hetero) is 1. The number of non-ortho nitro benzene ring substituents is 1. The number of hydrogen-bond donors (Lipinski definition) is 1. The molecule has 3 aromatic rings. The monoisotopic (exact) mass is 434 g/mol. The Morgan fingerprint density at radius 3 is 2.13 bits per heavy atom. The second-order valence-electron chi connectivity index (χ2n) is 6.86. The molecule has 4 rings (SSSR count). The van der Waals surface area contributed by atoms with Gasteiger partial charge >= 0.3 is 0 Å². The van der Waals surface area contributed by atoms with Crippen LogP contribution in [0.15, 0.2) is 84.4 Å². The van der Waals surface area contributed by atoms with E-state index in [2.05, 4.69) is 0 Å². The van der Waals surface area contributed by atoms with Crippen LogP contribution in [-0.4, -0.2) is 21.7 Å². The number of halogens is 1. The van der Waals surface area contributed by atoms with Gasteiger partial charge in [-0.05, 0) is 42.0 Å². The van der Waals surface area contributed by atoms with Crippen LogP contribution in [0.5, 0.6) is 0 Å². The number of carbonyl (C=O) groups is 2. The van der Waals surface area contributed by atoms with Gasteiger partial charge in [0.25, 0.3) is 17.4 Å². The standard InChI is InChI=1S/C23H15ClN2O5/c24-16-8-12-17(13-9-16)25-20(14-6-10-18(11-7-14)26(30)31)19(22(28)23(25)29)21(27)15-4-2-1-3-5-15/h1-13,20,27H/b21-19+/t20-/m1/s1. The fraction of sp³-hybridized carbons (Fsp3) is 0.0435. The van der Waals surface area contributed by atoms with E-state index in [-0.39, 0.29) is 17.0 Å². The highest BCUT2D eigenvalue weighted by molar-refractivity contribution is 6.51. The summed E-state index contributed by atoms with van der Waals surface area (Å²) < 4.78 is 0. The van der Waals surface area contributed by atoms with Crippen LogP contribution in [0, 0.1) is 10.1 Å². The number of ketones is 1. The van der Waals surface area contributed by atoms with Gasteiger partial charge in [-0.2, -0.15) is 0 Å². The molecule has 1 fully saturated rings. The van der Waals surface area contributed by atoms with Crippen molar-refractivity contribution in [2.45, 2.75) is 6.04 Å². The first-order valence-electron chi connectivity index (χ1n) is 9.25. The van der Waals surface area contributed by atoms with Crippen molar-refractivity contribution in [1.29, 1.82) is 0 Å². The fourth-order valence-electron chi connectivity index (χ4n) is 3.55. The molecule has 1 heterocycles. The van der Waals surface area contributed by atoms with E-state index < -0.39 is 22.7 Å². The summed E-state index contributed by atoms with van der Waals surface area (Å²) in [5.41, 5.74) is 0.998. The van der Waals surface area contributed by atoms with Crippen molar-refractivity contribution in [3.05, 3.63) is 111 Å². The van der Waals surface area contributed by atoms with E-state index in [1.54, 1.807) is 54.6 Å². The number of aliphatic hydroxyl groups is 1. The minimum absolute atomic E-state index is 0.0972. The number of anilines is 1. The maximum absolute atomic E-state index is 13.0. The Bertz CT molecular complexity index is 1200. The van der Waals surface area contributed by atoms with Gasteiger partial charge in [0.2, 0.25) is 0 Å². The van der Waals surface area contributed by atoms with Crippen molar-refractivity contribution >= 4 is 40.4 Å². The summed E-state index contributed by atoms with van der Waals surface area (Å²) in [7, 11) is 0. The van der Waals surface area contributed by atoms with Crippen molar-refractivity contribution in [1.82, 2.24) is 0 Å². The minimum atomic E-state index is -0.970. The third-order valence-electron chi connectivity index (χ3n) is 5.02. The summed E-state index contributed by atoms with van der Waals surface area (Å²) in [6.07, 6.45) is 0. The number of nitro groups is 1. The zero-order valence-electron chi connectivity index (χ0n) is 15.9. The number of nitro benzene ring substituents is 1. The van der Waals surface area contributed by atoms with Crippen LogP contribution in [0.4, 0.5) is 11.4 Å². The van der Waals surface area contributed by atoms with Gasteiger partial charge in [-0.1, -0.05) is 41.9 Å². The molecule has 154 valence electrons. The Hall–Kier alpha value is -3.97. The third kappa shape index (κ3) is 3.67. The molecule has 0 saturated carbocycles. The highest BCUT2D eigenvalue weighted by Crippen LogP contribution is 2.42. The Morgan fingerprint density at radius 1 is 0.935 bits per heavy atom. The van der Waals surface area contributed by atoms with E-state index in [0.29, 0.717) is 21.8 Å². The molecule has 0 radical (unpaired) electrons. The van der Waals surface area contributed by atoms with E-state index in [0.717, 1.165) is 0 Å². The van der Waals surface area contributed by atoms with Gasteiger partial charge in [-0.3, -0.25) is 24.6 Å². The molecule has 0 aliphatic carbocycles. The Labute approximate surface area is 182 Å². The topological polar surface area (TPSA) is 101 Å². The zero-order valence-corrected chi connectivity index (χ0v) is 16.7. The second-order valence-corrected chi connectivity index (χ2v) is 7.30. The lowest BCUT2D eigenvalue weighted by molar-refractivity contribution is -0.384. The fourth-order valence-corrected chi connectivity index (χ4v) is 3.67. The van der Waals surface area contributed by atoms with Crippen molar-refractivity contribution in [2.24, 2.45) is 0 Å². The first-order chi connectivity index (χ1) is 14.9. The predicted octanol–water partition coefficient (Wildman–Crippen LogP) is 4.87. The Kier molecular flexibility index (Phi) is 5.27. The van der Waals surface area contributed by atoms with Crippen LogP contribution < -0.4 is 4.90 Å². The quantitative estimate of drug-likeness (QED) is 0.207. The van der Waals surface area contributed by atoms with E-state index >= 15 is 0 Å². The second kappa shape index (κ2) is 8.04. The number of hydrogen-bond acceptors (Lipinski definition) is 5. The molecule has 1 aliphatic heterocycles. The van der Waals surface area contributed by atoms with Gasteiger partial charge in [0.05, 0.1) is 16.5 Å². The normalized spacial score (nSPS) is 17.7. The molecular formula is C23H15ClN2O5. The SMILES string of the molecule is O=C1C(=O)N(c2ccc(Cl)cc2)[C@H](c2ccc([N+](=O)[O-])cc2)/C1=C(\O)c1ccccc1. The molecule has 8 heteroatoms.